The van der Waals surface area contributed by atoms with Crippen molar-refractivity contribution in [2.75, 3.05) is 0 Å². The fourth-order valence-corrected chi connectivity index (χ4v) is 1.37. The molecule has 0 aliphatic heterocycles. The van der Waals surface area contributed by atoms with Crippen molar-refractivity contribution in [3.05, 3.63) is 34.3 Å². The minimum absolute atomic E-state index is 0.304. The smallest absolute Gasteiger partial charge is 0.0552 e. The van der Waals surface area contributed by atoms with E-state index in [1.165, 1.54) is 5.56 Å². The molecule has 0 fully saturated rings. The number of aliphatic hydroxyl groups excluding tert-OH is 1. The molecule has 1 aromatic carbocycles. The summed E-state index contributed by atoms with van der Waals surface area (Å²) in [4.78, 5) is 0. The lowest BCUT2D eigenvalue weighted by Crippen LogP contribution is -2.05. The number of aryl methyl sites for hydroxylation is 1. The second-order valence-corrected chi connectivity index (χ2v) is 3.56. The van der Waals surface area contributed by atoms with Gasteiger partial charge in [0.25, 0.3) is 0 Å². The summed E-state index contributed by atoms with van der Waals surface area (Å²) in [6, 6.07) is 5.74. The van der Waals surface area contributed by atoms with Gasteiger partial charge < -0.3 is 5.11 Å². The fourth-order valence-electron chi connectivity index (χ4n) is 1.18. The van der Waals surface area contributed by atoms with Crippen LogP contribution in [0.25, 0.3) is 0 Å². The van der Waals surface area contributed by atoms with Crippen LogP contribution in [0.1, 0.15) is 18.1 Å². The molecule has 1 N–H and O–H groups in total. The molecule has 2 heteroatoms. The molecule has 1 rings (SSSR count). The van der Waals surface area contributed by atoms with Crippen molar-refractivity contribution in [2.24, 2.45) is 0 Å². The van der Waals surface area contributed by atoms with Gasteiger partial charge in [-0.15, -0.1) is 0 Å². The van der Waals surface area contributed by atoms with Gasteiger partial charge in [-0.1, -0.05) is 17.7 Å². The van der Waals surface area contributed by atoms with E-state index in [-0.39, 0.29) is 6.10 Å². The minimum Gasteiger partial charge on any atom is -0.393 e. The molecule has 1 nitrogen and oxygen atoms in total. The van der Waals surface area contributed by atoms with E-state index in [1.54, 1.807) is 6.92 Å². The molecule has 1 aromatic rings. The van der Waals surface area contributed by atoms with Gasteiger partial charge in [-0.2, -0.15) is 0 Å². The van der Waals surface area contributed by atoms with Crippen molar-refractivity contribution in [1.82, 2.24) is 0 Å². The number of aliphatic hydroxyl groups is 1. The van der Waals surface area contributed by atoms with Crippen LogP contribution in [0.15, 0.2) is 18.2 Å². The Morgan fingerprint density at radius 3 is 2.75 bits per heavy atom. The zero-order valence-corrected chi connectivity index (χ0v) is 8.10. The molecule has 0 spiro atoms. The van der Waals surface area contributed by atoms with Gasteiger partial charge >= 0.3 is 0 Å². The van der Waals surface area contributed by atoms with E-state index in [4.69, 9.17) is 11.6 Å². The molecule has 0 saturated carbocycles. The van der Waals surface area contributed by atoms with Crippen LogP contribution >= 0.6 is 11.6 Å². The van der Waals surface area contributed by atoms with E-state index in [2.05, 4.69) is 0 Å². The average Bonchev–Trinajstić information content (AvgIpc) is 1.96. The van der Waals surface area contributed by atoms with Gasteiger partial charge in [-0.05, 0) is 43.5 Å². The van der Waals surface area contributed by atoms with Crippen molar-refractivity contribution < 1.29 is 5.11 Å². The highest BCUT2D eigenvalue weighted by Crippen LogP contribution is 2.16. The molecule has 0 aromatic heterocycles. The van der Waals surface area contributed by atoms with Gasteiger partial charge in [0.05, 0.1) is 6.10 Å². The lowest BCUT2D eigenvalue weighted by atomic mass is 10.0. The zero-order valence-electron chi connectivity index (χ0n) is 7.34. The summed E-state index contributed by atoms with van der Waals surface area (Å²) in [7, 11) is 0. The Hall–Kier alpha value is -0.530. The third-order valence-electron chi connectivity index (χ3n) is 1.83. The number of rotatable bonds is 2. The SMILES string of the molecule is Cc1ccc(Cl)cc1CC(C)O. The number of benzene rings is 1. The molecule has 0 radical (unpaired) electrons. The largest absolute Gasteiger partial charge is 0.393 e. The highest BCUT2D eigenvalue weighted by molar-refractivity contribution is 6.30. The third kappa shape index (κ3) is 2.50. The Kier molecular flexibility index (Phi) is 3.12. The molecule has 0 aliphatic rings. The van der Waals surface area contributed by atoms with Gasteiger partial charge in [-0.3, -0.25) is 0 Å². The molecule has 0 bridgehead atoms. The highest BCUT2D eigenvalue weighted by Gasteiger charge is 2.02. The predicted molar refractivity (Wildman–Crippen MR) is 51.6 cm³/mol. The van der Waals surface area contributed by atoms with Crippen LogP contribution in [-0.2, 0) is 6.42 Å². The summed E-state index contributed by atoms with van der Waals surface area (Å²) >= 11 is 5.82. The first-order valence-electron chi connectivity index (χ1n) is 4.02. The molecule has 0 amide bonds. The summed E-state index contributed by atoms with van der Waals surface area (Å²) in [6.07, 6.45) is 0.369. The van der Waals surface area contributed by atoms with Crippen LogP contribution in [-0.4, -0.2) is 11.2 Å². The Morgan fingerprint density at radius 2 is 2.17 bits per heavy atom. The highest BCUT2D eigenvalue weighted by atomic mass is 35.5. The fraction of sp³-hybridized carbons (Fsp3) is 0.400. The summed E-state index contributed by atoms with van der Waals surface area (Å²) in [5, 5.41) is 9.91. The van der Waals surface area contributed by atoms with E-state index in [1.807, 2.05) is 25.1 Å². The molecule has 0 saturated heterocycles. The van der Waals surface area contributed by atoms with E-state index in [0.717, 1.165) is 10.6 Å². The summed E-state index contributed by atoms with van der Waals surface area (Å²) in [5.41, 5.74) is 2.30. The molecule has 1 atom stereocenters. The van der Waals surface area contributed by atoms with Crippen LogP contribution in [0.3, 0.4) is 0 Å². The van der Waals surface area contributed by atoms with E-state index >= 15 is 0 Å². The molecule has 0 heterocycles. The van der Waals surface area contributed by atoms with Gasteiger partial charge in [0.15, 0.2) is 0 Å². The van der Waals surface area contributed by atoms with E-state index < -0.39 is 0 Å². The maximum Gasteiger partial charge on any atom is 0.0552 e. The van der Waals surface area contributed by atoms with Gasteiger partial charge in [0, 0.05) is 5.02 Å². The molecule has 12 heavy (non-hydrogen) atoms. The summed E-state index contributed by atoms with van der Waals surface area (Å²) in [5.74, 6) is 0. The Labute approximate surface area is 78.0 Å². The Morgan fingerprint density at radius 1 is 1.50 bits per heavy atom. The number of hydrogen-bond donors (Lipinski definition) is 1. The van der Waals surface area contributed by atoms with Crippen LogP contribution in [0.2, 0.25) is 5.02 Å². The quantitative estimate of drug-likeness (QED) is 0.749. The Balaban J connectivity index is 2.90. The number of hydrogen-bond acceptors (Lipinski definition) is 1. The van der Waals surface area contributed by atoms with Crippen LogP contribution < -0.4 is 0 Å². The van der Waals surface area contributed by atoms with Crippen molar-refractivity contribution in [3.63, 3.8) is 0 Å². The average molecular weight is 185 g/mol. The predicted octanol–water partition coefficient (Wildman–Crippen LogP) is 2.57. The first-order valence-corrected chi connectivity index (χ1v) is 4.40. The lowest BCUT2D eigenvalue weighted by molar-refractivity contribution is 0.195. The van der Waals surface area contributed by atoms with Crippen molar-refractivity contribution >= 4 is 11.6 Å². The zero-order chi connectivity index (χ0) is 9.14. The second kappa shape index (κ2) is 3.92. The van der Waals surface area contributed by atoms with Crippen molar-refractivity contribution in [2.45, 2.75) is 26.4 Å². The third-order valence-corrected chi connectivity index (χ3v) is 2.06. The first kappa shape index (κ1) is 9.56. The van der Waals surface area contributed by atoms with Gasteiger partial charge in [0.2, 0.25) is 0 Å². The monoisotopic (exact) mass is 184 g/mol. The van der Waals surface area contributed by atoms with Crippen molar-refractivity contribution in [3.8, 4) is 0 Å². The maximum absolute atomic E-state index is 9.18. The first-order chi connectivity index (χ1) is 5.59. The Bertz CT molecular complexity index is 269. The molecule has 66 valence electrons. The van der Waals surface area contributed by atoms with Crippen LogP contribution in [0, 0.1) is 6.92 Å². The van der Waals surface area contributed by atoms with Gasteiger partial charge in [0.1, 0.15) is 0 Å². The normalized spacial score (nSPS) is 13.0. The van der Waals surface area contributed by atoms with Gasteiger partial charge in [-0.25, -0.2) is 0 Å². The maximum atomic E-state index is 9.18. The van der Waals surface area contributed by atoms with E-state index in [0.29, 0.717) is 6.42 Å². The minimum atomic E-state index is -0.304. The van der Waals surface area contributed by atoms with Crippen LogP contribution in [0.5, 0.6) is 0 Å². The number of halogens is 1. The van der Waals surface area contributed by atoms with E-state index in [9.17, 15) is 5.11 Å². The van der Waals surface area contributed by atoms with Crippen LogP contribution in [0.4, 0.5) is 0 Å². The molecule has 1 unspecified atom stereocenters. The summed E-state index contributed by atoms with van der Waals surface area (Å²) in [6.45, 7) is 3.80. The topological polar surface area (TPSA) is 20.2 Å². The summed E-state index contributed by atoms with van der Waals surface area (Å²) < 4.78 is 0. The molecular formula is C10H13ClO. The molecule has 0 aliphatic carbocycles. The molecular weight excluding hydrogens is 172 g/mol. The lowest BCUT2D eigenvalue weighted by Gasteiger charge is -2.07. The van der Waals surface area contributed by atoms with Crippen molar-refractivity contribution in [1.29, 1.82) is 0 Å². The standard InChI is InChI=1S/C10H13ClO/c1-7-3-4-10(11)6-9(7)5-8(2)12/h3-4,6,8,12H,5H2,1-2H3. The second-order valence-electron chi connectivity index (χ2n) is 3.12.